The van der Waals surface area contributed by atoms with Crippen LogP contribution in [0.1, 0.15) is 100.0 Å². The zero-order valence-corrected chi connectivity index (χ0v) is 46.6. The highest BCUT2D eigenvalue weighted by molar-refractivity contribution is 8.00. The quantitative estimate of drug-likeness (QED) is 0.261. The second-order valence-electron chi connectivity index (χ2n) is 21.4. The molecular weight excluding hydrogens is 959 g/mol. The summed E-state index contributed by atoms with van der Waals surface area (Å²) in [7, 11) is 7.09. The number of nitrogens with zero attached hydrogens (tertiary/aromatic N) is 6. The summed E-state index contributed by atoms with van der Waals surface area (Å²) in [5.41, 5.74) is -0.0385. The van der Waals surface area contributed by atoms with Crippen molar-refractivity contribution in [2.24, 2.45) is 11.8 Å². The Labute approximate surface area is 437 Å². The van der Waals surface area contributed by atoms with E-state index in [4.69, 9.17) is 4.74 Å². The third-order valence-electron chi connectivity index (χ3n) is 13.3. The molecule has 4 N–H and O–H groups in total. The van der Waals surface area contributed by atoms with Gasteiger partial charge in [-0.3, -0.25) is 43.2 Å². The van der Waals surface area contributed by atoms with E-state index in [0.717, 1.165) is 41.5 Å². The lowest BCUT2D eigenvalue weighted by atomic mass is 9.98. The normalized spacial score (nSPS) is 25.7. The lowest BCUT2D eigenvalue weighted by molar-refractivity contribution is -0.151. The van der Waals surface area contributed by atoms with E-state index in [2.05, 4.69) is 16.0 Å². The van der Waals surface area contributed by atoms with Gasteiger partial charge in [0, 0.05) is 60.5 Å². The summed E-state index contributed by atoms with van der Waals surface area (Å²) in [5, 5.41) is 19.2. The first-order valence-electron chi connectivity index (χ1n) is 25.5. The van der Waals surface area contributed by atoms with E-state index < -0.39 is 108 Å². The molecule has 410 valence electrons. The zero-order valence-electron chi connectivity index (χ0n) is 45.8. The van der Waals surface area contributed by atoms with Crippen LogP contribution in [0.4, 0.5) is 0 Å². The van der Waals surface area contributed by atoms with Gasteiger partial charge in [-0.15, -0.1) is 11.8 Å². The van der Waals surface area contributed by atoms with Crippen LogP contribution in [0.3, 0.4) is 0 Å². The molecule has 0 saturated carbocycles. The number of ether oxygens (including phenoxy) is 1. The van der Waals surface area contributed by atoms with E-state index >= 15 is 0 Å². The third kappa shape index (κ3) is 18.6. The lowest BCUT2D eigenvalue weighted by Crippen LogP contribution is -2.61. The number of hydrogen-bond acceptors (Lipinski definition) is 12. The molecule has 0 spiro atoms. The minimum Gasteiger partial charge on any atom is -0.391 e. The van der Waals surface area contributed by atoms with Crippen molar-refractivity contribution in [3.8, 4) is 0 Å². The van der Waals surface area contributed by atoms with Gasteiger partial charge in [0.05, 0.1) is 30.6 Å². The van der Waals surface area contributed by atoms with Crippen molar-refractivity contribution in [2.75, 3.05) is 73.0 Å². The molecule has 20 nitrogen and oxygen atoms in total. The van der Waals surface area contributed by atoms with Gasteiger partial charge in [-0.2, -0.15) is 0 Å². The van der Waals surface area contributed by atoms with E-state index in [1.165, 1.54) is 61.8 Å². The molecule has 2 saturated heterocycles. The van der Waals surface area contributed by atoms with Gasteiger partial charge in [0.25, 0.3) is 0 Å². The number of likely N-dealkylation sites (N-methyl/N-ethyl adjacent to an activating group) is 5. The molecule has 1 aromatic carbocycles. The third-order valence-corrected chi connectivity index (χ3v) is 14.3. The molecule has 0 aliphatic carbocycles. The fourth-order valence-electron chi connectivity index (χ4n) is 8.59. The van der Waals surface area contributed by atoms with Gasteiger partial charge in [0.1, 0.15) is 42.3 Å². The fraction of sp³-hybridized carbons (Fsp3) is 0.712. The number of likely N-dealkylation sites (tertiary alicyclic amines) is 1. The highest BCUT2D eigenvalue weighted by Crippen LogP contribution is 2.21. The summed E-state index contributed by atoms with van der Waals surface area (Å²) in [6, 6.07) is 0.375. The average Bonchev–Trinajstić information content (AvgIpc) is 3.34. The summed E-state index contributed by atoms with van der Waals surface area (Å²) in [4.78, 5) is 136. The number of carbonyl (C=O) groups excluding carboxylic acids is 9. The van der Waals surface area contributed by atoms with Crippen molar-refractivity contribution in [3.63, 3.8) is 0 Å². The van der Waals surface area contributed by atoms with Crippen LogP contribution in [0, 0.1) is 11.8 Å². The number of amides is 9. The predicted molar refractivity (Wildman–Crippen MR) is 280 cm³/mol. The highest BCUT2D eigenvalue weighted by Gasteiger charge is 2.41. The summed E-state index contributed by atoms with van der Waals surface area (Å²) in [6.45, 7) is 15.7. The zero-order chi connectivity index (χ0) is 55.1. The molecule has 0 aromatic heterocycles. The maximum Gasteiger partial charge on any atom is 0.248 e. The first kappa shape index (κ1) is 62.0. The molecule has 8 atom stereocenters. The van der Waals surface area contributed by atoms with Gasteiger partial charge in [0.2, 0.25) is 53.2 Å². The summed E-state index contributed by atoms with van der Waals surface area (Å²) < 4.78 is 6.03. The van der Waals surface area contributed by atoms with E-state index in [1.54, 1.807) is 56.9 Å². The van der Waals surface area contributed by atoms with Crippen LogP contribution in [-0.4, -0.2) is 215 Å². The van der Waals surface area contributed by atoms with Crippen molar-refractivity contribution >= 4 is 64.9 Å². The van der Waals surface area contributed by atoms with Gasteiger partial charge in [-0.1, -0.05) is 58.0 Å². The number of hydrogen-bond donors (Lipinski definition) is 4. The van der Waals surface area contributed by atoms with Crippen molar-refractivity contribution in [1.29, 1.82) is 0 Å². The SMILES string of the molecule is CC(C)C[C@H]1C(=O)N[C@@H](COC(C)(C)C)C(=O)N[C@H](C(=O)N2CCCCC2)CSCC(=O)N(C)[C@@H](C)C(=O)N(C)[C@@H](Cc2ccccc2)C(=O)N(C)[C@@H](CC(C)C)C(=O)N[C@@H]([C@@H](C)O)C(=O)N(C)CC(=O)N1C. The molecule has 2 aliphatic heterocycles. The topological polar surface area (TPSA) is 239 Å². The monoisotopic (exact) mass is 1040 g/mol. The maximum atomic E-state index is 14.8. The van der Waals surface area contributed by atoms with Gasteiger partial charge in [0.15, 0.2) is 0 Å². The Morgan fingerprint density at radius 2 is 1.25 bits per heavy atom. The number of thioether (sulfide) groups is 1. The minimum atomic E-state index is -1.57. The highest BCUT2D eigenvalue weighted by atomic mass is 32.2. The number of aliphatic hydroxyl groups excluding tert-OH is 1. The second kappa shape index (κ2) is 28.4. The van der Waals surface area contributed by atoms with Crippen LogP contribution in [0.15, 0.2) is 30.3 Å². The summed E-state index contributed by atoms with van der Waals surface area (Å²) in [5.74, 6) is -6.17. The number of benzene rings is 1. The first-order chi connectivity index (χ1) is 34.1. The van der Waals surface area contributed by atoms with Crippen molar-refractivity contribution in [3.05, 3.63) is 35.9 Å². The minimum absolute atomic E-state index is 0.0375. The Kier molecular flexibility index (Phi) is 24.1. The smallest absolute Gasteiger partial charge is 0.248 e. The van der Waals surface area contributed by atoms with Crippen molar-refractivity contribution in [2.45, 2.75) is 155 Å². The van der Waals surface area contributed by atoms with E-state index in [1.807, 2.05) is 33.8 Å². The lowest BCUT2D eigenvalue weighted by Gasteiger charge is -2.37. The van der Waals surface area contributed by atoms with E-state index in [-0.39, 0.29) is 55.1 Å². The Morgan fingerprint density at radius 1 is 0.699 bits per heavy atom. The number of nitrogens with one attached hydrogen (secondary N) is 3. The Bertz CT molecular complexity index is 2060. The standard InChI is InChI=1S/C52H85N9O11S/c1-32(2)25-39-46(66)53-37(29-72-52(7,8)9)45(65)54-38(49(69)61-23-19-16-20-24-61)30-73-31-43(64)57(11)34(5)48(68)60(14)41(27-36-21-17-15-18-22-36)50(70)59(13)40(26-33(3)4)47(67)55-44(35(6)62)51(71)56(10)28-42(63)58(39)12/h15,17-18,21-22,32-35,37-41,44,62H,16,19-20,23-31H2,1-14H3,(H,53,66)(H,54,65)(H,55,67)/t34-,35+,37-,38-,39-,40-,41-,44-/m0/s1. The molecule has 2 fully saturated rings. The van der Waals surface area contributed by atoms with Gasteiger partial charge < -0.3 is 55.2 Å². The Morgan fingerprint density at radius 3 is 1.79 bits per heavy atom. The van der Waals surface area contributed by atoms with Gasteiger partial charge in [-0.25, -0.2) is 0 Å². The largest absolute Gasteiger partial charge is 0.391 e. The average molecular weight is 1040 g/mol. The van der Waals surface area contributed by atoms with Crippen molar-refractivity contribution < 1.29 is 53.0 Å². The predicted octanol–water partition coefficient (Wildman–Crippen LogP) is 1.52. The maximum absolute atomic E-state index is 14.8. The summed E-state index contributed by atoms with van der Waals surface area (Å²) in [6.07, 6.45) is 1.35. The molecule has 0 bridgehead atoms. The Balaban J connectivity index is 2.19. The van der Waals surface area contributed by atoms with Gasteiger partial charge >= 0.3 is 0 Å². The van der Waals surface area contributed by atoms with Crippen LogP contribution < -0.4 is 16.0 Å². The van der Waals surface area contributed by atoms with E-state index in [9.17, 15) is 48.3 Å². The van der Waals surface area contributed by atoms with E-state index in [0.29, 0.717) is 13.1 Å². The summed E-state index contributed by atoms with van der Waals surface area (Å²) >= 11 is 1.09. The van der Waals surface area contributed by atoms with Crippen molar-refractivity contribution in [1.82, 2.24) is 45.3 Å². The fourth-order valence-corrected chi connectivity index (χ4v) is 9.55. The number of carbonyl (C=O) groups is 9. The number of piperidine rings is 1. The molecule has 1 aromatic rings. The van der Waals surface area contributed by atoms with Crippen LogP contribution in [0.25, 0.3) is 0 Å². The van der Waals surface area contributed by atoms with Crippen LogP contribution in [0.2, 0.25) is 0 Å². The van der Waals surface area contributed by atoms with Gasteiger partial charge in [-0.05, 0) is 84.1 Å². The molecule has 73 heavy (non-hydrogen) atoms. The van der Waals surface area contributed by atoms with Crippen LogP contribution >= 0.6 is 11.8 Å². The first-order valence-corrected chi connectivity index (χ1v) is 26.6. The van der Waals surface area contributed by atoms with Crippen LogP contribution in [-0.2, 0) is 54.3 Å². The molecule has 0 unspecified atom stereocenters. The molecule has 21 heteroatoms. The molecule has 2 aliphatic rings. The molecule has 3 rings (SSSR count). The molecule has 9 amide bonds. The number of aliphatic hydroxyl groups is 1. The molecule has 0 radical (unpaired) electrons. The molecule has 2 heterocycles. The second-order valence-corrected chi connectivity index (χ2v) is 22.5. The number of rotatable bonds is 10. The molecular formula is C52H85N9O11S. The Hall–Kier alpha value is -5.28. The van der Waals surface area contributed by atoms with Crippen LogP contribution in [0.5, 0.6) is 0 Å².